The second-order valence-electron chi connectivity index (χ2n) is 5.07. The largest absolute Gasteiger partial charge is 0.453 e. The van der Waals surface area contributed by atoms with E-state index < -0.39 is 0 Å². The molecule has 0 saturated heterocycles. The molecule has 5 nitrogen and oxygen atoms in total. The van der Waals surface area contributed by atoms with Crippen LogP contribution in [0, 0.1) is 4.77 Å². The van der Waals surface area contributed by atoms with Crippen molar-refractivity contribution < 1.29 is 9.52 Å². The van der Waals surface area contributed by atoms with E-state index in [0.29, 0.717) is 16.4 Å². The van der Waals surface area contributed by atoms with E-state index in [1.807, 2.05) is 60.7 Å². The SMILES string of the molecule is OCn1nc(-c2cc3ccccc3o2)n(-c2ccccc2)c1=S. The Kier molecular flexibility index (Phi) is 3.33. The van der Waals surface area contributed by atoms with E-state index in [1.54, 1.807) is 4.57 Å². The Hall–Kier alpha value is -2.70. The molecule has 0 unspecified atom stereocenters. The summed E-state index contributed by atoms with van der Waals surface area (Å²) >= 11 is 5.44. The van der Waals surface area contributed by atoms with Crippen molar-refractivity contribution in [3.8, 4) is 17.3 Å². The van der Waals surface area contributed by atoms with Crippen molar-refractivity contribution in [2.24, 2.45) is 0 Å². The molecule has 23 heavy (non-hydrogen) atoms. The lowest BCUT2D eigenvalue weighted by Crippen LogP contribution is -2.00. The van der Waals surface area contributed by atoms with Crippen molar-refractivity contribution in [1.82, 2.24) is 14.3 Å². The molecule has 0 aliphatic heterocycles. The third-order valence-corrected chi connectivity index (χ3v) is 4.03. The van der Waals surface area contributed by atoms with Crippen LogP contribution in [-0.4, -0.2) is 19.5 Å². The van der Waals surface area contributed by atoms with Gasteiger partial charge in [-0.1, -0.05) is 36.4 Å². The number of para-hydroxylation sites is 2. The summed E-state index contributed by atoms with van der Waals surface area (Å²) in [5.74, 6) is 1.17. The first kappa shape index (κ1) is 13.9. The minimum Gasteiger partial charge on any atom is -0.453 e. The topological polar surface area (TPSA) is 56.1 Å². The molecule has 2 heterocycles. The van der Waals surface area contributed by atoms with Gasteiger partial charge in [-0.25, -0.2) is 4.68 Å². The molecule has 0 saturated carbocycles. The van der Waals surface area contributed by atoms with Crippen LogP contribution < -0.4 is 0 Å². The molecule has 4 aromatic rings. The number of aliphatic hydroxyl groups excluding tert-OH is 1. The zero-order valence-electron chi connectivity index (χ0n) is 12.1. The normalized spacial score (nSPS) is 11.2. The average molecular weight is 323 g/mol. The van der Waals surface area contributed by atoms with Crippen LogP contribution in [0.15, 0.2) is 65.1 Å². The van der Waals surface area contributed by atoms with Gasteiger partial charge in [0, 0.05) is 5.39 Å². The van der Waals surface area contributed by atoms with E-state index in [9.17, 15) is 5.11 Å². The van der Waals surface area contributed by atoms with Crippen LogP contribution in [0.1, 0.15) is 0 Å². The van der Waals surface area contributed by atoms with E-state index in [4.69, 9.17) is 16.6 Å². The van der Waals surface area contributed by atoms with E-state index in [2.05, 4.69) is 5.10 Å². The van der Waals surface area contributed by atoms with Gasteiger partial charge in [0.25, 0.3) is 0 Å². The molecule has 0 radical (unpaired) electrons. The second-order valence-corrected chi connectivity index (χ2v) is 5.43. The van der Waals surface area contributed by atoms with Crippen LogP contribution in [0.5, 0.6) is 0 Å². The smallest absolute Gasteiger partial charge is 0.205 e. The van der Waals surface area contributed by atoms with Crippen molar-refractivity contribution in [2.45, 2.75) is 6.73 Å². The van der Waals surface area contributed by atoms with Crippen molar-refractivity contribution in [3.63, 3.8) is 0 Å². The van der Waals surface area contributed by atoms with Gasteiger partial charge in [-0.15, -0.1) is 5.10 Å². The van der Waals surface area contributed by atoms with Gasteiger partial charge in [0.2, 0.25) is 10.6 Å². The van der Waals surface area contributed by atoms with Crippen molar-refractivity contribution >= 4 is 23.2 Å². The Labute approximate surface area is 137 Å². The molecule has 0 atom stereocenters. The van der Waals surface area contributed by atoms with Gasteiger partial charge in [0.15, 0.2) is 5.76 Å². The molecule has 0 aliphatic carbocycles. The molecule has 0 aliphatic rings. The van der Waals surface area contributed by atoms with Crippen molar-refractivity contribution in [2.75, 3.05) is 0 Å². The molecule has 1 N–H and O–H groups in total. The molecule has 2 aromatic carbocycles. The Bertz CT molecular complexity index is 998. The third kappa shape index (κ3) is 2.28. The fourth-order valence-electron chi connectivity index (χ4n) is 2.56. The number of aromatic nitrogens is 3. The summed E-state index contributed by atoms with van der Waals surface area (Å²) in [6.07, 6.45) is 0. The number of hydrogen-bond donors (Lipinski definition) is 1. The molecule has 4 rings (SSSR count). The lowest BCUT2D eigenvalue weighted by Gasteiger charge is -2.04. The van der Waals surface area contributed by atoms with E-state index in [1.165, 1.54) is 4.68 Å². The van der Waals surface area contributed by atoms with Gasteiger partial charge in [-0.3, -0.25) is 4.57 Å². The van der Waals surface area contributed by atoms with Gasteiger partial charge in [0.05, 0.1) is 5.69 Å². The zero-order chi connectivity index (χ0) is 15.8. The number of nitrogens with zero attached hydrogens (tertiary/aromatic N) is 3. The van der Waals surface area contributed by atoms with Crippen LogP contribution in [0.25, 0.3) is 28.2 Å². The minimum atomic E-state index is -0.286. The predicted molar refractivity (Wildman–Crippen MR) is 89.8 cm³/mol. The lowest BCUT2D eigenvalue weighted by molar-refractivity contribution is 0.193. The van der Waals surface area contributed by atoms with Crippen molar-refractivity contribution in [3.05, 3.63) is 65.4 Å². The Balaban J connectivity index is 1.99. The standard InChI is InChI=1S/C17H13N3O2S/c21-11-19-17(23)20(13-7-2-1-3-8-13)16(18-19)15-10-12-6-4-5-9-14(12)22-15/h1-10,21H,11H2. The van der Waals surface area contributed by atoms with Crippen LogP contribution in [0.3, 0.4) is 0 Å². The first-order valence-electron chi connectivity index (χ1n) is 7.13. The fourth-order valence-corrected chi connectivity index (χ4v) is 2.85. The molecular formula is C17H13N3O2S. The molecule has 0 bridgehead atoms. The highest BCUT2D eigenvalue weighted by Gasteiger charge is 2.17. The molecule has 2 aromatic heterocycles. The third-order valence-electron chi connectivity index (χ3n) is 3.63. The molecular weight excluding hydrogens is 310 g/mol. The molecule has 0 spiro atoms. The summed E-state index contributed by atoms with van der Waals surface area (Å²) in [4.78, 5) is 0. The number of aliphatic hydroxyl groups is 1. The number of furan rings is 1. The summed E-state index contributed by atoms with van der Waals surface area (Å²) in [6.45, 7) is -0.286. The van der Waals surface area contributed by atoms with Gasteiger partial charge in [0.1, 0.15) is 12.3 Å². The summed E-state index contributed by atoms with van der Waals surface area (Å²) in [5.41, 5.74) is 1.65. The monoisotopic (exact) mass is 323 g/mol. The molecule has 0 fully saturated rings. The quantitative estimate of drug-likeness (QED) is 0.583. The summed E-state index contributed by atoms with van der Waals surface area (Å²) in [7, 11) is 0. The van der Waals surface area contributed by atoms with Gasteiger partial charge >= 0.3 is 0 Å². The van der Waals surface area contributed by atoms with Gasteiger partial charge < -0.3 is 9.52 Å². The number of hydrogen-bond acceptors (Lipinski definition) is 4. The molecule has 6 heteroatoms. The first-order chi connectivity index (χ1) is 11.3. The van der Waals surface area contributed by atoms with E-state index in [0.717, 1.165) is 16.7 Å². The predicted octanol–water partition coefficient (Wildman–Crippen LogP) is 3.77. The fraction of sp³-hybridized carbons (Fsp3) is 0.0588. The van der Waals surface area contributed by atoms with Crippen LogP contribution in [0.2, 0.25) is 0 Å². The molecule has 0 amide bonds. The maximum atomic E-state index is 9.48. The van der Waals surface area contributed by atoms with Crippen LogP contribution >= 0.6 is 12.2 Å². The van der Waals surface area contributed by atoms with E-state index >= 15 is 0 Å². The molecule has 114 valence electrons. The summed E-state index contributed by atoms with van der Waals surface area (Å²) in [6, 6.07) is 19.3. The number of benzene rings is 2. The van der Waals surface area contributed by atoms with Gasteiger partial charge in [-0.05, 0) is 36.5 Å². The summed E-state index contributed by atoms with van der Waals surface area (Å²) < 4.78 is 9.48. The Morgan fingerprint density at radius 2 is 1.78 bits per heavy atom. The highest BCUT2D eigenvalue weighted by molar-refractivity contribution is 7.71. The minimum absolute atomic E-state index is 0.286. The van der Waals surface area contributed by atoms with E-state index in [-0.39, 0.29) is 6.73 Å². The number of rotatable bonds is 3. The first-order valence-corrected chi connectivity index (χ1v) is 7.54. The van der Waals surface area contributed by atoms with Crippen LogP contribution in [-0.2, 0) is 6.73 Å². The highest BCUT2D eigenvalue weighted by atomic mass is 32.1. The Morgan fingerprint density at radius 3 is 2.52 bits per heavy atom. The number of fused-ring (bicyclic) bond motifs is 1. The lowest BCUT2D eigenvalue weighted by atomic mass is 10.2. The Morgan fingerprint density at radius 1 is 1.04 bits per heavy atom. The average Bonchev–Trinajstić information content (AvgIpc) is 3.16. The van der Waals surface area contributed by atoms with Crippen molar-refractivity contribution in [1.29, 1.82) is 0 Å². The van der Waals surface area contributed by atoms with Crippen LogP contribution in [0.4, 0.5) is 0 Å². The maximum Gasteiger partial charge on any atom is 0.205 e. The maximum absolute atomic E-state index is 9.48. The zero-order valence-corrected chi connectivity index (χ0v) is 12.9. The second kappa shape index (κ2) is 5.49. The highest BCUT2D eigenvalue weighted by Crippen LogP contribution is 2.28. The summed E-state index contributed by atoms with van der Waals surface area (Å²) in [5, 5.41) is 14.9. The van der Waals surface area contributed by atoms with Gasteiger partial charge in [-0.2, -0.15) is 0 Å².